The zero-order valence-electron chi connectivity index (χ0n) is 13.2. The van der Waals surface area contributed by atoms with Crippen LogP contribution in [0.4, 0.5) is 0 Å². The number of hydrogen-bond donors (Lipinski definition) is 2. The SMILES string of the molecule is O[C@H]1CN(Cc2cn[nH]c2-c2ccccc2)CC[C@@]12CCCO2. The number of nitrogens with zero attached hydrogens (tertiary/aromatic N) is 2. The predicted octanol–water partition coefficient (Wildman–Crippen LogP) is 2.19. The van der Waals surface area contributed by atoms with Crippen molar-refractivity contribution >= 4 is 0 Å². The molecule has 0 radical (unpaired) electrons. The summed E-state index contributed by atoms with van der Waals surface area (Å²) in [5, 5.41) is 17.9. The van der Waals surface area contributed by atoms with Gasteiger partial charge in [0.15, 0.2) is 0 Å². The second-order valence-electron chi connectivity index (χ2n) is 6.65. The average Bonchev–Trinajstić information content (AvgIpc) is 3.22. The molecular weight excluding hydrogens is 290 g/mol. The lowest BCUT2D eigenvalue weighted by atomic mass is 9.86. The minimum Gasteiger partial charge on any atom is -0.389 e. The molecule has 0 bridgehead atoms. The van der Waals surface area contributed by atoms with E-state index >= 15 is 0 Å². The molecule has 2 N–H and O–H groups in total. The van der Waals surface area contributed by atoms with Crippen LogP contribution in [0.1, 0.15) is 24.8 Å². The van der Waals surface area contributed by atoms with Gasteiger partial charge in [-0.2, -0.15) is 5.10 Å². The molecule has 122 valence electrons. The molecule has 23 heavy (non-hydrogen) atoms. The van der Waals surface area contributed by atoms with E-state index in [0.717, 1.165) is 50.2 Å². The highest BCUT2D eigenvalue weighted by Crippen LogP contribution is 2.36. The molecule has 2 aliphatic rings. The first-order valence-corrected chi connectivity index (χ1v) is 8.39. The number of ether oxygens (including phenoxy) is 1. The first-order chi connectivity index (χ1) is 11.3. The van der Waals surface area contributed by atoms with Gasteiger partial charge in [0.05, 0.1) is 23.6 Å². The number of aromatic amines is 1. The number of rotatable bonds is 3. The number of aromatic nitrogens is 2. The van der Waals surface area contributed by atoms with E-state index in [-0.39, 0.29) is 5.60 Å². The van der Waals surface area contributed by atoms with Gasteiger partial charge in [-0.3, -0.25) is 10.00 Å². The summed E-state index contributed by atoms with van der Waals surface area (Å²) in [6.45, 7) is 3.21. The zero-order valence-corrected chi connectivity index (χ0v) is 13.2. The van der Waals surface area contributed by atoms with Crippen LogP contribution in [0.2, 0.25) is 0 Å². The Bertz CT molecular complexity index is 649. The molecule has 2 saturated heterocycles. The van der Waals surface area contributed by atoms with E-state index in [1.54, 1.807) is 0 Å². The van der Waals surface area contributed by atoms with Crippen molar-refractivity contribution in [3.63, 3.8) is 0 Å². The normalized spacial score (nSPS) is 28.5. The maximum atomic E-state index is 10.6. The second-order valence-corrected chi connectivity index (χ2v) is 6.65. The highest BCUT2D eigenvalue weighted by atomic mass is 16.5. The van der Waals surface area contributed by atoms with E-state index in [1.165, 1.54) is 5.56 Å². The van der Waals surface area contributed by atoms with Crippen LogP contribution in [0.3, 0.4) is 0 Å². The number of piperidine rings is 1. The fraction of sp³-hybridized carbons (Fsp3) is 0.500. The van der Waals surface area contributed by atoms with Crippen molar-refractivity contribution in [1.29, 1.82) is 0 Å². The number of likely N-dealkylation sites (tertiary alicyclic amines) is 1. The third-order valence-corrected chi connectivity index (χ3v) is 5.20. The lowest BCUT2D eigenvalue weighted by Crippen LogP contribution is -2.54. The Labute approximate surface area is 136 Å². The molecular formula is C18H23N3O2. The monoisotopic (exact) mass is 313 g/mol. The van der Waals surface area contributed by atoms with E-state index in [2.05, 4.69) is 27.2 Å². The third kappa shape index (κ3) is 2.80. The Kier molecular flexibility index (Phi) is 3.93. The van der Waals surface area contributed by atoms with Gasteiger partial charge < -0.3 is 9.84 Å². The minimum atomic E-state index is -0.397. The Balaban J connectivity index is 1.47. The lowest BCUT2D eigenvalue weighted by molar-refractivity contribution is -0.130. The Morgan fingerprint density at radius 2 is 2.17 bits per heavy atom. The molecule has 0 saturated carbocycles. The third-order valence-electron chi connectivity index (χ3n) is 5.20. The van der Waals surface area contributed by atoms with E-state index in [1.807, 2.05) is 24.4 Å². The fourth-order valence-corrected chi connectivity index (χ4v) is 3.87. The van der Waals surface area contributed by atoms with Gasteiger partial charge in [0.1, 0.15) is 0 Å². The van der Waals surface area contributed by atoms with Crippen molar-refractivity contribution in [3.8, 4) is 11.3 Å². The van der Waals surface area contributed by atoms with Gasteiger partial charge in [0, 0.05) is 31.8 Å². The van der Waals surface area contributed by atoms with Gasteiger partial charge in [0.2, 0.25) is 0 Å². The summed E-state index contributed by atoms with van der Waals surface area (Å²) in [4.78, 5) is 2.30. The van der Waals surface area contributed by atoms with Crippen LogP contribution in [0.5, 0.6) is 0 Å². The highest BCUT2D eigenvalue weighted by molar-refractivity contribution is 5.62. The van der Waals surface area contributed by atoms with Crippen molar-refractivity contribution < 1.29 is 9.84 Å². The zero-order chi connectivity index (χ0) is 15.7. The number of aliphatic hydroxyl groups is 1. The van der Waals surface area contributed by atoms with Gasteiger partial charge in [-0.15, -0.1) is 0 Å². The molecule has 1 aromatic heterocycles. The quantitative estimate of drug-likeness (QED) is 0.912. The van der Waals surface area contributed by atoms with Gasteiger partial charge in [-0.25, -0.2) is 0 Å². The summed E-state index contributed by atoms with van der Waals surface area (Å²) in [6.07, 6.45) is 4.46. The minimum absolute atomic E-state index is 0.283. The number of hydrogen-bond acceptors (Lipinski definition) is 4. The topological polar surface area (TPSA) is 61.4 Å². The first kappa shape index (κ1) is 14.9. The van der Waals surface area contributed by atoms with Crippen LogP contribution in [0.25, 0.3) is 11.3 Å². The maximum absolute atomic E-state index is 10.6. The molecule has 2 aliphatic heterocycles. The van der Waals surface area contributed by atoms with Gasteiger partial charge >= 0.3 is 0 Å². The van der Waals surface area contributed by atoms with E-state index in [9.17, 15) is 5.11 Å². The Morgan fingerprint density at radius 3 is 2.91 bits per heavy atom. The van der Waals surface area contributed by atoms with Gasteiger partial charge in [0.25, 0.3) is 0 Å². The van der Waals surface area contributed by atoms with Crippen molar-refractivity contribution in [2.75, 3.05) is 19.7 Å². The van der Waals surface area contributed by atoms with E-state index < -0.39 is 6.10 Å². The van der Waals surface area contributed by atoms with Crippen molar-refractivity contribution in [2.45, 2.75) is 37.5 Å². The summed E-state index contributed by atoms with van der Waals surface area (Å²) in [5.74, 6) is 0. The number of aliphatic hydroxyl groups excluding tert-OH is 1. The predicted molar refractivity (Wildman–Crippen MR) is 87.8 cm³/mol. The molecule has 0 aliphatic carbocycles. The number of benzene rings is 1. The Morgan fingerprint density at radius 1 is 1.30 bits per heavy atom. The van der Waals surface area contributed by atoms with Gasteiger partial charge in [-0.05, 0) is 24.8 Å². The van der Waals surface area contributed by atoms with Crippen LogP contribution in [0, 0.1) is 0 Å². The number of H-pyrrole nitrogens is 1. The molecule has 4 rings (SSSR count). The molecule has 2 aromatic rings. The largest absolute Gasteiger partial charge is 0.389 e. The average molecular weight is 313 g/mol. The summed E-state index contributed by atoms with van der Waals surface area (Å²) in [7, 11) is 0. The van der Waals surface area contributed by atoms with Crippen LogP contribution >= 0.6 is 0 Å². The van der Waals surface area contributed by atoms with Crippen LogP contribution in [0.15, 0.2) is 36.5 Å². The summed E-state index contributed by atoms with van der Waals surface area (Å²) < 4.78 is 5.88. The first-order valence-electron chi connectivity index (χ1n) is 8.39. The molecule has 5 nitrogen and oxygen atoms in total. The molecule has 1 spiro atoms. The number of β-amino-alcohol motifs (C(OH)–C–C–N with tert-alkyl or cyclic N) is 1. The molecule has 0 amide bonds. The molecule has 1 aromatic carbocycles. The second kappa shape index (κ2) is 6.07. The molecule has 3 heterocycles. The molecule has 2 fully saturated rings. The van der Waals surface area contributed by atoms with Crippen molar-refractivity contribution in [1.82, 2.24) is 15.1 Å². The van der Waals surface area contributed by atoms with Crippen molar-refractivity contribution in [2.24, 2.45) is 0 Å². The number of nitrogens with one attached hydrogen (secondary N) is 1. The lowest BCUT2D eigenvalue weighted by Gasteiger charge is -2.42. The maximum Gasteiger partial charge on any atom is 0.0965 e. The summed E-state index contributed by atoms with van der Waals surface area (Å²) in [5.41, 5.74) is 3.10. The molecule has 5 heteroatoms. The molecule has 0 unspecified atom stereocenters. The Hall–Kier alpha value is -1.69. The highest BCUT2D eigenvalue weighted by Gasteiger charge is 2.45. The van der Waals surface area contributed by atoms with E-state index in [0.29, 0.717) is 6.54 Å². The van der Waals surface area contributed by atoms with Crippen molar-refractivity contribution in [3.05, 3.63) is 42.1 Å². The standard InChI is InChI=1S/C18H23N3O2/c22-16-13-21(9-8-18(16)7-4-10-23-18)12-15-11-19-20-17(15)14-5-2-1-3-6-14/h1-3,5-6,11,16,22H,4,7-10,12-13H2,(H,19,20)/t16-,18-/m0/s1. The van der Waals surface area contributed by atoms with Crippen LogP contribution in [-0.2, 0) is 11.3 Å². The summed E-state index contributed by atoms with van der Waals surface area (Å²) in [6, 6.07) is 10.3. The van der Waals surface area contributed by atoms with E-state index in [4.69, 9.17) is 4.74 Å². The fourth-order valence-electron chi connectivity index (χ4n) is 3.87. The van der Waals surface area contributed by atoms with Crippen LogP contribution < -0.4 is 0 Å². The van der Waals surface area contributed by atoms with Gasteiger partial charge in [-0.1, -0.05) is 30.3 Å². The van der Waals surface area contributed by atoms with Crippen LogP contribution in [-0.4, -0.2) is 51.6 Å². The molecule has 2 atom stereocenters. The summed E-state index contributed by atoms with van der Waals surface area (Å²) >= 11 is 0. The smallest absolute Gasteiger partial charge is 0.0965 e.